The minimum Gasteiger partial charge on any atom is -0.492 e. The maximum atomic E-state index is 13.3. The number of imidazole rings is 1. The highest BCUT2D eigenvalue weighted by Crippen LogP contribution is 2.22. The van der Waals surface area contributed by atoms with E-state index in [1.54, 1.807) is 24.4 Å². The van der Waals surface area contributed by atoms with Crippen LogP contribution in [0.5, 0.6) is 5.75 Å². The van der Waals surface area contributed by atoms with E-state index in [1.807, 2.05) is 24.3 Å². The Kier molecular flexibility index (Phi) is 7.49. The van der Waals surface area contributed by atoms with Gasteiger partial charge >= 0.3 is 0 Å². The lowest BCUT2D eigenvalue weighted by atomic mass is 10.1. The van der Waals surface area contributed by atoms with Crippen molar-refractivity contribution in [1.29, 1.82) is 0 Å². The summed E-state index contributed by atoms with van der Waals surface area (Å²) in [6.45, 7) is 5.41. The lowest BCUT2D eigenvalue weighted by Gasteiger charge is -2.26. The first-order valence-corrected chi connectivity index (χ1v) is 12.1. The molecule has 1 amide bonds. The number of amides is 1. The Hall–Kier alpha value is -3.82. The van der Waals surface area contributed by atoms with E-state index in [-0.39, 0.29) is 11.7 Å². The third kappa shape index (κ3) is 5.87. The molecule has 0 spiro atoms. The predicted molar refractivity (Wildman–Crippen MR) is 135 cm³/mol. The van der Waals surface area contributed by atoms with Crippen LogP contribution in [0.15, 0.2) is 60.8 Å². The number of nitrogens with one attached hydrogen (secondary N) is 2. The fourth-order valence-electron chi connectivity index (χ4n) is 4.16. The van der Waals surface area contributed by atoms with Gasteiger partial charge in [-0.1, -0.05) is 12.1 Å². The number of nitrogens with zero attached hydrogens (tertiary/aromatic N) is 3. The Morgan fingerprint density at radius 3 is 2.81 bits per heavy atom. The molecule has 0 saturated carbocycles. The van der Waals surface area contributed by atoms with Crippen molar-refractivity contribution in [2.75, 3.05) is 46.0 Å². The number of halogens is 1. The number of carbonyl (C=O) groups excluding carboxylic acids is 1. The second kappa shape index (κ2) is 11.3. The highest BCUT2D eigenvalue weighted by molar-refractivity contribution is 6.04. The third-order valence-electron chi connectivity index (χ3n) is 6.12. The van der Waals surface area contributed by atoms with Crippen LogP contribution in [0.3, 0.4) is 0 Å². The zero-order chi connectivity index (χ0) is 24.7. The molecule has 0 radical (unpaired) electrons. The topological polar surface area (TPSA) is 92.4 Å². The highest BCUT2D eigenvalue weighted by atomic mass is 19.1. The molecule has 0 aliphatic carbocycles. The first-order chi connectivity index (χ1) is 17.7. The lowest BCUT2D eigenvalue weighted by Crippen LogP contribution is -2.38. The van der Waals surface area contributed by atoms with Gasteiger partial charge in [-0.05, 0) is 54.4 Å². The zero-order valence-electron chi connectivity index (χ0n) is 19.9. The SMILES string of the molecule is O=C(NCCc1cccc(OCCN2CCOCC2)c1)c1ccnc2[nH]c(-c3ccc(F)cc3)nc12. The van der Waals surface area contributed by atoms with Crippen molar-refractivity contribution in [2.45, 2.75) is 6.42 Å². The molecule has 186 valence electrons. The van der Waals surface area contributed by atoms with Gasteiger partial charge in [0.1, 0.15) is 29.5 Å². The van der Waals surface area contributed by atoms with E-state index in [2.05, 4.69) is 25.2 Å². The summed E-state index contributed by atoms with van der Waals surface area (Å²) in [4.78, 5) is 27.2. The maximum absolute atomic E-state index is 13.3. The van der Waals surface area contributed by atoms with E-state index in [0.29, 0.717) is 47.7 Å². The standard InChI is InChI=1S/C27H28FN5O3/c28-21-6-4-20(5-7-21)25-31-24-23(9-11-29-26(24)32-25)27(34)30-10-8-19-2-1-3-22(18-19)36-17-14-33-12-15-35-16-13-33/h1-7,9,11,18H,8,10,12-17H2,(H,30,34)(H,29,31,32). The van der Waals surface area contributed by atoms with E-state index in [1.165, 1.54) is 12.1 Å². The van der Waals surface area contributed by atoms with Crippen LogP contribution in [0.2, 0.25) is 0 Å². The number of carbonyl (C=O) groups is 1. The number of aromatic amines is 1. The van der Waals surface area contributed by atoms with Crippen molar-refractivity contribution in [3.05, 3.63) is 77.7 Å². The van der Waals surface area contributed by atoms with Gasteiger partial charge in [0, 0.05) is 37.9 Å². The lowest BCUT2D eigenvalue weighted by molar-refractivity contribution is 0.0322. The molecule has 1 aliphatic heterocycles. The van der Waals surface area contributed by atoms with Crippen LogP contribution in [-0.4, -0.2) is 71.8 Å². The first-order valence-electron chi connectivity index (χ1n) is 12.1. The number of rotatable bonds is 9. The number of benzene rings is 2. The van der Waals surface area contributed by atoms with E-state index in [9.17, 15) is 9.18 Å². The summed E-state index contributed by atoms with van der Waals surface area (Å²) in [5.41, 5.74) is 3.21. The molecule has 5 rings (SSSR count). The number of ether oxygens (including phenoxy) is 2. The molecule has 1 aliphatic rings. The van der Waals surface area contributed by atoms with Gasteiger partial charge in [0.15, 0.2) is 5.65 Å². The number of hydrogen-bond acceptors (Lipinski definition) is 6. The molecule has 1 fully saturated rings. The van der Waals surface area contributed by atoms with Crippen molar-refractivity contribution in [1.82, 2.24) is 25.2 Å². The van der Waals surface area contributed by atoms with Gasteiger partial charge in [0.25, 0.3) is 5.91 Å². The van der Waals surface area contributed by atoms with Crippen LogP contribution >= 0.6 is 0 Å². The van der Waals surface area contributed by atoms with Crippen LogP contribution in [0.4, 0.5) is 4.39 Å². The van der Waals surface area contributed by atoms with Crippen LogP contribution in [0.1, 0.15) is 15.9 Å². The second-order valence-electron chi connectivity index (χ2n) is 8.60. The van der Waals surface area contributed by atoms with Crippen molar-refractivity contribution in [3.63, 3.8) is 0 Å². The van der Waals surface area contributed by atoms with Gasteiger partial charge in [0.2, 0.25) is 0 Å². The van der Waals surface area contributed by atoms with Crippen molar-refractivity contribution in [2.24, 2.45) is 0 Å². The van der Waals surface area contributed by atoms with E-state index in [0.717, 1.165) is 44.2 Å². The van der Waals surface area contributed by atoms with Gasteiger partial charge in [-0.25, -0.2) is 14.4 Å². The Morgan fingerprint density at radius 1 is 1.14 bits per heavy atom. The van der Waals surface area contributed by atoms with Crippen LogP contribution < -0.4 is 10.1 Å². The molecule has 0 bridgehead atoms. The number of aromatic nitrogens is 3. The summed E-state index contributed by atoms with van der Waals surface area (Å²) in [7, 11) is 0. The largest absolute Gasteiger partial charge is 0.492 e. The number of morpholine rings is 1. The molecule has 4 aromatic rings. The first kappa shape index (κ1) is 23.9. The van der Waals surface area contributed by atoms with Gasteiger partial charge < -0.3 is 19.8 Å². The molecular formula is C27H28FN5O3. The minimum absolute atomic E-state index is 0.225. The maximum Gasteiger partial charge on any atom is 0.253 e. The Morgan fingerprint density at radius 2 is 1.97 bits per heavy atom. The van der Waals surface area contributed by atoms with Crippen LogP contribution in [-0.2, 0) is 11.2 Å². The molecular weight excluding hydrogens is 461 g/mol. The van der Waals surface area contributed by atoms with E-state index >= 15 is 0 Å². The van der Waals surface area contributed by atoms with Crippen molar-refractivity contribution in [3.8, 4) is 17.1 Å². The highest BCUT2D eigenvalue weighted by Gasteiger charge is 2.15. The van der Waals surface area contributed by atoms with Gasteiger partial charge in [0.05, 0.1) is 18.8 Å². The number of pyridine rings is 1. The fraction of sp³-hybridized carbons (Fsp3) is 0.296. The molecule has 2 aromatic heterocycles. The Balaban J connectivity index is 1.16. The van der Waals surface area contributed by atoms with Crippen LogP contribution in [0, 0.1) is 5.82 Å². The summed E-state index contributed by atoms with van der Waals surface area (Å²) in [6, 6.07) is 15.6. The van der Waals surface area contributed by atoms with Crippen LogP contribution in [0.25, 0.3) is 22.6 Å². The average molecular weight is 490 g/mol. The Labute approximate surface area is 208 Å². The van der Waals surface area contributed by atoms with E-state index in [4.69, 9.17) is 9.47 Å². The molecule has 0 unspecified atom stereocenters. The minimum atomic E-state index is -0.321. The molecule has 8 nitrogen and oxygen atoms in total. The van der Waals surface area contributed by atoms with Gasteiger partial charge in [-0.15, -0.1) is 0 Å². The van der Waals surface area contributed by atoms with Gasteiger partial charge in [-0.3, -0.25) is 9.69 Å². The molecule has 36 heavy (non-hydrogen) atoms. The predicted octanol–water partition coefficient (Wildman–Crippen LogP) is 3.45. The summed E-state index contributed by atoms with van der Waals surface area (Å²) >= 11 is 0. The zero-order valence-corrected chi connectivity index (χ0v) is 19.9. The molecule has 2 N–H and O–H groups in total. The molecule has 0 atom stereocenters. The molecule has 2 aromatic carbocycles. The molecule has 9 heteroatoms. The molecule has 1 saturated heterocycles. The summed E-state index contributed by atoms with van der Waals surface area (Å²) < 4.78 is 24.6. The molecule has 3 heterocycles. The summed E-state index contributed by atoms with van der Waals surface area (Å²) in [6.07, 6.45) is 2.24. The second-order valence-corrected chi connectivity index (χ2v) is 8.60. The summed E-state index contributed by atoms with van der Waals surface area (Å²) in [5.74, 6) is 0.812. The van der Waals surface area contributed by atoms with Crippen molar-refractivity contribution >= 4 is 17.1 Å². The third-order valence-corrected chi connectivity index (χ3v) is 6.12. The van der Waals surface area contributed by atoms with Gasteiger partial charge in [-0.2, -0.15) is 0 Å². The quantitative estimate of drug-likeness (QED) is 0.374. The number of fused-ring (bicyclic) bond motifs is 1. The van der Waals surface area contributed by atoms with Crippen molar-refractivity contribution < 1.29 is 18.7 Å². The van der Waals surface area contributed by atoms with E-state index < -0.39 is 0 Å². The monoisotopic (exact) mass is 489 g/mol. The normalized spacial score (nSPS) is 14.1. The average Bonchev–Trinajstić information content (AvgIpc) is 3.34. The Bertz CT molecular complexity index is 1320. The smallest absolute Gasteiger partial charge is 0.253 e. The summed E-state index contributed by atoms with van der Waals surface area (Å²) in [5, 5.41) is 2.97. The number of H-pyrrole nitrogens is 1. The fourth-order valence-corrected chi connectivity index (χ4v) is 4.16. The number of hydrogen-bond donors (Lipinski definition) is 2.